The molecule has 25 heavy (non-hydrogen) atoms. The molecule has 0 unspecified atom stereocenters. The first-order valence-electron chi connectivity index (χ1n) is 9.48. The van der Waals surface area contributed by atoms with Gasteiger partial charge in [-0.05, 0) is 36.5 Å². The molecule has 4 nitrogen and oxygen atoms in total. The Morgan fingerprint density at radius 2 is 1.88 bits per heavy atom. The molecule has 1 aliphatic heterocycles. The number of methoxy groups -OCH3 is 1. The summed E-state index contributed by atoms with van der Waals surface area (Å²) in [6.45, 7) is 3.98. The molecule has 138 valence electrons. The molecule has 1 heterocycles. The van der Waals surface area contributed by atoms with E-state index in [-0.39, 0.29) is 11.6 Å². The molecule has 0 bridgehead atoms. The Balaban J connectivity index is 1.45. The Bertz CT molecular complexity index is 579. The number of benzene rings is 1. The zero-order valence-electron chi connectivity index (χ0n) is 15.2. The van der Waals surface area contributed by atoms with Crippen molar-refractivity contribution in [1.82, 2.24) is 9.80 Å². The summed E-state index contributed by atoms with van der Waals surface area (Å²) in [5.41, 5.74) is 0.945. The number of amides is 1. The minimum absolute atomic E-state index is 0.280. The predicted molar refractivity (Wildman–Crippen MR) is 96.0 cm³/mol. The molecule has 0 spiro atoms. The van der Waals surface area contributed by atoms with Gasteiger partial charge in [0.2, 0.25) is 5.91 Å². The summed E-state index contributed by atoms with van der Waals surface area (Å²) >= 11 is 0. The van der Waals surface area contributed by atoms with Crippen LogP contribution in [-0.2, 0) is 11.3 Å². The number of hydrogen-bond acceptors (Lipinski definition) is 3. The normalized spacial score (nSPS) is 19.8. The predicted octanol–water partition coefficient (Wildman–Crippen LogP) is 3.45. The van der Waals surface area contributed by atoms with Crippen LogP contribution in [0.4, 0.5) is 4.39 Å². The number of nitrogens with zero attached hydrogens (tertiary/aromatic N) is 2. The quantitative estimate of drug-likeness (QED) is 0.817. The van der Waals surface area contributed by atoms with Crippen molar-refractivity contribution < 1.29 is 13.9 Å². The molecule has 0 N–H and O–H groups in total. The molecule has 2 fully saturated rings. The molecule has 1 aliphatic carbocycles. The second-order valence-electron chi connectivity index (χ2n) is 7.33. The van der Waals surface area contributed by atoms with Crippen LogP contribution in [0, 0.1) is 11.7 Å². The maximum atomic E-state index is 13.8. The fourth-order valence-corrected chi connectivity index (χ4v) is 3.99. The minimum Gasteiger partial charge on any atom is -0.494 e. The lowest BCUT2D eigenvalue weighted by molar-refractivity contribution is -0.134. The number of halogens is 1. The van der Waals surface area contributed by atoms with Gasteiger partial charge in [-0.3, -0.25) is 9.69 Å². The highest BCUT2D eigenvalue weighted by molar-refractivity contribution is 5.76. The van der Waals surface area contributed by atoms with E-state index >= 15 is 0 Å². The van der Waals surface area contributed by atoms with Crippen molar-refractivity contribution in [2.45, 2.75) is 45.1 Å². The second-order valence-corrected chi connectivity index (χ2v) is 7.33. The summed E-state index contributed by atoms with van der Waals surface area (Å²) < 4.78 is 18.8. The second kappa shape index (κ2) is 8.65. The first kappa shape index (κ1) is 18.2. The Kier molecular flexibility index (Phi) is 6.29. The molecule has 1 saturated heterocycles. The lowest BCUT2D eigenvalue weighted by Crippen LogP contribution is -2.48. The van der Waals surface area contributed by atoms with E-state index in [1.54, 1.807) is 12.1 Å². The Morgan fingerprint density at radius 1 is 1.16 bits per heavy atom. The average molecular weight is 348 g/mol. The molecule has 0 atom stereocenters. The monoisotopic (exact) mass is 348 g/mol. The van der Waals surface area contributed by atoms with Crippen LogP contribution in [0.2, 0.25) is 0 Å². The van der Waals surface area contributed by atoms with Gasteiger partial charge < -0.3 is 9.64 Å². The van der Waals surface area contributed by atoms with Gasteiger partial charge in [-0.15, -0.1) is 0 Å². The zero-order chi connectivity index (χ0) is 17.6. The van der Waals surface area contributed by atoms with E-state index in [1.165, 1.54) is 39.2 Å². The molecule has 1 aromatic carbocycles. The number of carbonyl (C=O) groups is 1. The third kappa shape index (κ3) is 4.94. The van der Waals surface area contributed by atoms with Crippen molar-refractivity contribution in [2.24, 2.45) is 5.92 Å². The highest BCUT2D eigenvalue weighted by Crippen LogP contribution is 2.27. The number of piperazine rings is 1. The number of hydrogen-bond donors (Lipinski definition) is 0. The molecule has 3 rings (SSSR count). The van der Waals surface area contributed by atoms with Gasteiger partial charge in [0.05, 0.1) is 7.11 Å². The van der Waals surface area contributed by atoms with Gasteiger partial charge in [0, 0.05) is 39.1 Å². The SMILES string of the molecule is COc1ccc(CN2CCN(C(=O)CC3CCCCC3)CC2)cc1F. The lowest BCUT2D eigenvalue weighted by Gasteiger charge is -2.35. The summed E-state index contributed by atoms with van der Waals surface area (Å²) in [4.78, 5) is 16.8. The third-order valence-corrected chi connectivity index (χ3v) is 5.54. The lowest BCUT2D eigenvalue weighted by atomic mass is 9.86. The highest BCUT2D eigenvalue weighted by Gasteiger charge is 2.24. The molecule has 0 aromatic heterocycles. The molecule has 2 aliphatic rings. The van der Waals surface area contributed by atoms with Gasteiger partial charge in [0.1, 0.15) is 0 Å². The van der Waals surface area contributed by atoms with Crippen LogP contribution < -0.4 is 4.74 Å². The maximum absolute atomic E-state index is 13.8. The Morgan fingerprint density at radius 3 is 2.52 bits per heavy atom. The van der Waals surface area contributed by atoms with E-state index < -0.39 is 0 Å². The van der Waals surface area contributed by atoms with Gasteiger partial charge in [0.25, 0.3) is 0 Å². The van der Waals surface area contributed by atoms with E-state index in [0.717, 1.165) is 38.2 Å². The number of carbonyl (C=O) groups excluding carboxylic acids is 1. The van der Waals surface area contributed by atoms with E-state index in [0.29, 0.717) is 18.4 Å². The molecule has 5 heteroatoms. The van der Waals surface area contributed by atoms with Gasteiger partial charge >= 0.3 is 0 Å². The average Bonchev–Trinajstić information content (AvgIpc) is 2.63. The van der Waals surface area contributed by atoms with Crippen LogP contribution in [0.25, 0.3) is 0 Å². The highest BCUT2D eigenvalue weighted by atomic mass is 19.1. The topological polar surface area (TPSA) is 32.8 Å². The van der Waals surface area contributed by atoms with E-state index in [1.807, 2.05) is 11.0 Å². The van der Waals surface area contributed by atoms with E-state index in [4.69, 9.17) is 4.74 Å². The molecule has 1 saturated carbocycles. The number of ether oxygens (including phenoxy) is 1. The number of rotatable bonds is 5. The van der Waals surface area contributed by atoms with Crippen molar-refractivity contribution in [3.63, 3.8) is 0 Å². The van der Waals surface area contributed by atoms with Gasteiger partial charge in [0.15, 0.2) is 11.6 Å². The van der Waals surface area contributed by atoms with Crippen molar-refractivity contribution in [2.75, 3.05) is 33.3 Å². The van der Waals surface area contributed by atoms with Gasteiger partial charge in [-0.1, -0.05) is 25.3 Å². The summed E-state index contributed by atoms with van der Waals surface area (Å²) in [7, 11) is 1.47. The standard InChI is InChI=1S/C20H29FN2O2/c1-25-19-8-7-17(13-18(19)21)15-22-9-11-23(12-10-22)20(24)14-16-5-3-2-4-6-16/h7-8,13,16H,2-6,9-12,14-15H2,1H3. The van der Waals surface area contributed by atoms with Gasteiger partial charge in [-0.2, -0.15) is 0 Å². The first-order valence-corrected chi connectivity index (χ1v) is 9.48. The van der Waals surface area contributed by atoms with Crippen molar-refractivity contribution >= 4 is 5.91 Å². The van der Waals surface area contributed by atoms with Gasteiger partial charge in [-0.25, -0.2) is 4.39 Å². The van der Waals surface area contributed by atoms with Crippen LogP contribution in [0.5, 0.6) is 5.75 Å². The first-order chi connectivity index (χ1) is 12.2. The van der Waals surface area contributed by atoms with Crippen LogP contribution in [0.15, 0.2) is 18.2 Å². The molecular formula is C20H29FN2O2. The molecular weight excluding hydrogens is 319 g/mol. The van der Waals surface area contributed by atoms with Crippen LogP contribution in [0.1, 0.15) is 44.1 Å². The zero-order valence-corrected chi connectivity index (χ0v) is 15.2. The summed E-state index contributed by atoms with van der Waals surface area (Å²) in [5.74, 6) is 0.881. The van der Waals surface area contributed by atoms with E-state index in [9.17, 15) is 9.18 Å². The summed E-state index contributed by atoms with van der Waals surface area (Å²) in [5, 5.41) is 0. The maximum Gasteiger partial charge on any atom is 0.222 e. The Hall–Kier alpha value is -1.62. The molecule has 1 aromatic rings. The molecule has 1 amide bonds. The van der Waals surface area contributed by atoms with Crippen LogP contribution in [0.3, 0.4) is 0 Å². The third-order valence-electron chi connectivity index (χ3n) is 5.54. The van der Waals surface area contributed by atoms with Crippen molar-refractivity contribution in [3.05, 3.63) is 29.6 Å². The molecule has 0 radical (unpaired) electrons. The fraction of sp³-hybridized carbons (Fsp3) is 0.650. The van der Waals surface area contributed by atoms with Crippen LogP contribution in [-0.4, -0.2) is 49.0 Å². The summed E-state index contributed by atoms with van der Waals surface area (Å²) in [6.07, 6.45) is 7.05. The Labute approximate surface area is 149 Å². The van der Waals surface area contributed by atoms with E-state index in [2.05, 4.69) is 4.90 Å². The van der Waals surface area contributed by atoms with Crippen LogP contribution >= 0.6 is 0 Å². The smallest absolute Gasteiger partial charge is 0.222 e. The fourth-order valence-electron chi connectivity index (χ4n) is 3.99. The minimum atomic E-state index is -0.318. The summed E-state index contributed by atoms with van der Waals surface area (Å²) in [6, 6.07) is 5.12. The van der Waals surface area contributed by atoms with Crippen molar-refractivity contribution in [1.29, 1.82) is 0 Å². The van der Waals surface area contributed by atoms with Crippen molar-refractivity contribution in [3.8, 4) is 5.75 Å². The largest absolute Gasteiger partial charge is 0.494 e.